The Balaban J connectivity index is 1.68. The first-order valence-corrected chi connectivity index (χ1v) is 11.8. The van der Waals surface area contributed by atoms with E-state index in [0.29, 0.717) is 25.0 Å². The third kappa shape index (κ3) is 6.41. The van der Waals surface area contributed by atoms with Gasteiger partial charge in [0.05, 0.1) is 12.0 Å². The van der Waals surface area contributed by atoms with Gasteiger partial charge in [0, 0.05) is 18.4 Å². The quantitative estimate of drug-likeness (QED) is 0.576. The van der Waals surface area contributed by atoms with Gasteiger partial charge in [-0.2, -0.15) is 0 Å². The van der Waals surface area contributed by atoms with Gasteiger partial charge < -0.3 is 19.1 Å². The highest BCUT2D eigenvalue weighted by Gasteiger charge is 2.62. The number of imidazole rings is 1. The predicted octanol–water partition coefficient (Wildman–Crippen LogP) is 5.17. The van der Waals surface area contributed by atoms with E-state index in [-0.39, 0.29) is 12.5 Å². The van der Waals surface area contributed by atoms with E-state index in [1.807, 2.05) is 34.9 Å². The first kappa shape index (κ1) is 26.2. The molecule has 0 saturated heterocycles. The van der Waals surface area contributed by atoms with Crippen LogP contribution in [0.4, 0.5) is 9.59 Å². The minimum absolute atomic E-state index is 0.0640. The van der Waals surface area contributed by atoms with Crippen molar-refractivity contribution in [1.82, 2.24) is 14.5 Å². The molecule has 0 aliphatic heterocycles. The van der Waals surface area contributed by atoms with Crippen molar-refractivity contribution in [1.29, 1.82) is 0 Å². The largest absolute Gasteiger partial charge is 0.481 e. The van der Waals surface area contributed by atoms with E-state index in [9.17, 15) is 19.5 Å². The van der Waals surface area contributed by atoms with Crippen molar-refractivity contribution in [3.63, 3.8) is 0 Å². The summed E-state index contributed by atoms with van der Waals surface area (Å²) >= 11 is 0. The van der Waals surface area contributed by atoms with Crippen LogP contribution < -0.4 is 0 Å². The number of hydrogen-bond acceptors (Lipinski definition) is 6. The van der Waals surface area contributed by atoms with E-state index >= 15 is 0 Å². The topological polar surface area (TPSA) is 111 Å². The number of carboxylic acid groups (broad SMARTS) is 1. The molecule has 1 aliphatic rings. The van der Waals surface area contributed by atoms with Gasteiger partial charge in [-0.15, -0.1) is 0 Å². The lowest BCUT2D eigenvalue weighted by molar-refractivity contribution is -0.140. The average molecular weight is 486 g/mol. The molecule has 190 valence electrons. The summed E-state index contributed by atoms with van der Waals surface area (Å²) < 4.78 is 12.6. The Hall–Kier alpha value is -3.36. The normalized spacial score (nSPS) is 19.7. The van der Waals surface area contributed by atoms with Crippen molar-refractivity contribution in [3.05, 3.63) is 48.5 Å². The second-order valence-electron chi connectivity index (χ2n) is 10.9. The maximum atomic E-state index is 12.7. The highest BCUT2D eigenvalue weighted by molar-refractivity contribution is 5.88. The number of nitrogens with zero attached hydrogens (tertiary/aromatic N) is 3. The highest BCUT2D eigenvalue weighted by Crippen LogP contribution is 2.56. The fourth-order valence-electron chi connectivity index (χ4n) is 4.04. The van der Waals surface area contributed by atoms with Gasteiger partial charge in [-0.25, -0.2) is 19.5 Å². The van der Waals surface area contributed by atoms with Crippen molar-refractivity contribution in [2.24, 2.45) is 5.92 Å². The van der Waals surface area contributed by atoms with Crippen molar-refractivity contribution >= 4 is 18.2 Å². The Bertz CT molecular complexity index is 1040. The Kier molecular flexibility index (Phi) is 7.29. The number of aliphatic carboxylic acids is 1. The van der Waals surface area contributed by atoms with Crippen molar-refractivity contribution < 1.29 is 29.0 Å². The van der Waals surface area contributed by atoms with Crippen LogP contribution in [0.2, 0.25) is 0 Å². The number of hydrogen-bond donors (Lipinski definition) is 1. The lowest BCUT2D eigenvalue weighted by Gasteiger charge is -2.28. The SMILES string of the molecule is CC(C)(C)OC(=O)N(CCC[C@H]1C[C@]1(C(=O)O)c1cn(-c2ccccc2)cn1)C(=O)OC(C)(C)C. The molecule has 1 saturated carbocycles. The van der Waals surface area contributed by atoms with Crippen LogP contribution in [0.1, 0.15) is 66.5 Å². The zero-order chi connectivity index (χ0) is 26.0. The van der Waals surface area contributed by atoms with E-state index < -0.39 is 34.8 Å². The lowest BCUT2D eigenvalue weighted by Crippen LogP contribution is -2.44. The van der Waals surface area contributed by atoms with E-state index in [1.165, 1.54) is 0 Å². The van der Waals surface area contributed by atoms with Crippen LogP contribution in [-0.2, 0) is 19.7 Å². The molecule has 0 bridgehead atoms. The molecule has 0 spiro atoms. The smallest absolute Gasteiger partial charge is 0.419 e. The molecule has 1 aliphatic carbocycles. The Labute approximate surface area is 206 Å². The van der Waals surface area contributed by atoms with Gasteiger partial charge in [-0.3, -0.25) is 4.79 Å². The van der Waals surface area contributed by atoms with Gasteiger partial charge in [0.2, 0.25) is 0 Å². The standard InChI is InChI=1S/C26H35N3O6/c1-24(2,3)34-22(32)29(23(33)35-25(4,5)6)14-10-11-18-15-26(18,21(30)31)20-16-28(17-27-20)19-12-8-7-9-13-19/h7-9,12-13,16-18H,10-11,14-15H2,1-6H3,(H,30,31)/t18-,26+/m0/s1. The number of benzene rings is 1. The fraction of sp³-hybridized carbons (Fsp3) is 0.538. The fourth-order valence-corrected chi connectivity index (χ4v) is 4.04. The number of imide groups is 1. The van der Waals surface area contributed by atoms with Crippen molar-refractivity contribution in [3.8, 4) is 5.69 Å². The summed E-state index contributed by atoms with van der Waals surface area (Å²) in [6.45, 7) is 10.4. The zero-order valence-corrected chi connectivity index (χ0v) is 21.3. The summed E-state index contributed by atoms with van der Waals surface area (Å²) in [6, 6.07) is 9.57. The number of rotatable bonds is 7. The molecule has 3 rings (SSSR count). The van der Waals surface area contributed by atoms with Crippen LogP contribution in [0.5, 0.6) is 0 Å². The number of carboxylic acids is 1. The molecule has 2 aromatic rings. The van der Waals surface area contributed by atoms with Crippen LogP contribution >= 0.6 is 0 Å². The average Bonchev–Trinajstić information content (AvgIpc) is 3.25. The second kappa shape index (κ2) is 9.71. The second-order valence-corrected chi connectivity index (χ2v) is 10.9. The van der Waals surface area contributed by atoms with Gasteiger partial charge in [-0.05, 0) is 78.9 Å². The van der Waals surface area contributed by atoms with Crippen LogP contribution in [0.15, 0.2) is 42.9 Å². The van der Waals surface area contributed by atoms with Gasteiger partial charge >= 0.3 is 18.2 Å². The summed E-state index contributed by atoms with van der Waals surface area (Å²) in [4.78, 5) is 42.9. The molecule has 9 heteroatoms. The molecule has 1 aromatic carbocycles. The molecule has 1 N–H and O–H groups in total. The van der Waals surface area contributed by atoms with Gasteiger partial charge in [0.1, 0.15) is 16.6 Å². The molecule has 0 radical (unpaired) electrons. The van der Waals surface area contributed by atoms with E-state index in [4.69, 9.17) is 9.47 Å². The van der Waals surface area contributed by atoms with Crippen LogP contribution in [0.25, 0.3) is 5.69 Å². The van der Waals surface area contributed by atoms with Crippen molar-refractivity contribution in [2.75, 3.05) is 6.54 Å². The lowest BCUT2D eigenvalue weighted by atomic mass is 9.97. The minimum Gasteiger partial charge on any atom is -0.481 e. The molecule has 1 fully saturated rings. The summed E-state index contributed by atoms with van der Waals surface area (Å²) in [5, 5.41) is 10.0. The summed E-state index contributed by atoms with van der Waals surface area (Å²) in [7, 11) is 0. The first-order chi connectivity index (χ1) is 16.2. The van der Waals surface area contributed by atoms with Crippen LogP contribution in [0, 0.1) is 5.92 Å². The van der Waals surface area contributed by atoms with E-state index in [0.717, 1.165) is 10.6 Å². The molecule has 2 amide bonds. The third-order valence-electron chi connectivity index (χ3n) is 5.74. The molecule has 9 nitrogen and oxygen atoms in total. The maximum absolute atomic E-state index is 12.7. The van der Waals surface area contributed by atoms with Crippen LogP contribution in [0.3, 0.4) is 0 Å². The third-order valence-corrected chi connectivity index (χ3v) is 5.74. The number of carbonyl (C=O) groups is 3. The molecule has 1 aromatic heterocycles. The Morgan fingerprint density at radius 3 is 2.14 bits per heavy atom. The Morgan fingerprint density at radius 1 is 1.06 bits per heavy atom. The molecule has 35 heavy (non-hydrogen) atoms. The zero-order valence-electron chi connectivity index (χ0n) is 21.3. The van der Waals surface area contributed by atoms with E-state index in [1.54, 1.807) is 54.1 Å². The summed E-state index contributed by atoms with van der Waals surface area (Å²) in [6.07, 6.45) is 3.19. The van der Waals surface area contributed by atoms with Crippen LogP contribution in [-0.4, -0.2) is 55.5 Å². The summed E-state index contributed by atoms with van der Waals surface area (Å²) in [5.41, 5.74) is -1.21. The molecule has 0 unspecified atom stereocenters. The Morgan fingerprint density at radius 2 is 1.63 bits per heavy atom. The maximum Gasteiger partial charge on any atom is 0.419 e. The minimum atomic E-state index is -1.07. The molecule has 1 heterocycles. The molecular formula is C26H35N3O6. The predicted molar refractivity (Wildman–Crippen MR) is 129 cm³/mol. The number of para-hydroxylation sites is 1. The highest BCUT2D eigenvalue weighted by atomic mass is 16.6. The van der Waals surface area contributed by atoms with E-state index in [2.05, 4.69) is 4.98 Å². The number of carbonyl (C=O) groups excluding carboxylic acids is 2. The number of aromatic nitrogens is 2. The molecular weight excluding hydrogens is 450 g/mol. The number of ether oxygens (including phenoxy) is 2. The van der Waals surface area contributed by atoms with Gasteiger partial charge in [0.15, 0.2) is 0 Å². The monoisotopic (exact) mass is 485 g/mol. The van der Waals surface area contributed by atoms with Crippen molar-refractivity contribution in [2.45, 2.75) is 77.4 Å². The summed E-state index contributed by atoms with van der Waals surface area (Å²) in [5.74, 6) is -1.07. The molecule has 2 atom stereocenters. The van der Waals surface area contributed by atoms with Gasteiger partial charge in [-0.1, -0.05) is 18.2 Å². The number of amides is 2. The van der Waals surface area contributed by atoms with Gasteiger partial charge in [0.25, 0.3) is 0 Å². The first-order valence-electron chi connectivity index (χ1n) is 11.8.